The summed E-state index contributed by atoms with van der Waals surface area (Å²) in [7, 11) is 1.68. The van der Waals surface area contributed by atoms with Crippen molar-refractivity contribution >= 4 is 46.7 Å². The van der Waals surface area contributed by atoms with Crippen molar-refractivity contribution in [2.75, 3.05) is 13.6 Å². The lowest BCUT2D eigenvalue weighted by Gasteiger charge is -2.13. The van der Waals surface area contributed by atoms with E-state index in [4.69, 9.17) is 0 Å². The summed E-state index contributed by atoms with van der Waals surface area (Å²) in [5.41, 5.74) is 2.87. The minimum absolute atomic E-state index is 0. The van der Waals surface area contributed by atoms with E-state index in [9.17, 15) is 10.1 Å². The molecule has 0 aliphatic carbocycles. The fourth-order valence-corrected chi connectivity index (χ4v) is 3.16. The van der Waals surface area contributed by atoms with Crippen LogP contribution in [0.1, 0.15) is 17.8 Å². The van der Waals surface area contributed by atoms with Crippen LogP contribution in [0.4, 0.5) is 5.69 Å². The molecule has 0 saturated heterocycles. The van der Waals surface area contributed by atoms with E-state index in [2.05, 4.69) is 31.2 Å². The van der Waals surface area contributed by atoms with Gasteiger partial charge in [-0.3, -0.25) is 15.1 Å². The Balaban J connectivity index is 0.00000300. The molecule has 3 rings (SSSR count). The van der Waals surface area contributed by atoms with E-state index in [1.54, 1.807) is 25.2 Å². The predicted molar refractivity (Wildman–Crippen MR) is 126 cm³/mol. The maximum absolute atomic E-state index is 11.1. The molecule has 0 amide bonds. The summed E-state index contributed by atoms with van der Waals surface area (Å²) >= 11 is 0. The van der Waals surface area contributed by atoms with Gasteiger partial charge in [0.05, 0.1) is 16.0 Å². The molecule has 1 heterocycles. The number of nitro groups is 1. The number of imidazole rings is 1. The van der Waals surface area contributed by atoms with Crippen molar-refractivity contribution in [2.45, 2.75) is 26.4 Å². The van der Waals surface area contributed by atoms with E-state index in [0.717, 1.165) is 36.4 Å². The Morgan fingerprint density at radius 2 is 1.90 bits per heavy atom. The molecule has 1 aromatic heterocycles. The van der Waals surface area contributed by atoms with Gasteiger partial charge in [0.15, 0.2) is 5.96 Å². The number of benzene rings is 2. The number of nitrogens with zero attached hydrogens (tertiary/aromatic N) is 4. The van der Waals surface area contributed by atoms with Crippen LogP contribution in [-0.2, 0) is 13.1 Å². The maximum atomic E-state index is 11.1. The summed E-state index contributed by atoms with van der Waals surface area (Å²) in [5.74, 6) is 1.62. The Kier molecular flexibility index (Phi) is 8.37. The first kappa shape index (κ1) is 22.6. The van der Waals surface area contributed by atoms with Crippen LogP contribution in [0.15, 0.2) is 53.5 Å². The second-order valence-electron chi connectivity index (χ2n) is 6.39. The Bertz CT molecular complexity index is 1000. The molecule has 0 bridgehead atoms. The highest BCUT2D eigenvalue weighted by Gasteiger charge is 2.12. The molecule has 29 heavy (non-hydrogen) atoms. The van der Waals surface area contributed by atoms with E-state index >= 15 is 0 Å². The number of hydrogen-bond donors (Lipinski definition) is 2. The first-order valence-electron chi connectivity index (χ1n) is 9.19. The van der Waals surface area contributed by atoms with Gasteiger partial charge in [-0.25, -0.2) is 4.98 Å². The fraction of sp³-hybridized carbons (Fsp3) is 0.300. The highest BCUT2D eigenvalue weighted by atomic mass is 127. The molecule has 0 fully saturated rings. The lowest BCUT2D eigenvalue weighted by molar-refractivity contribution is -0.385. The van der Waals surface area contributed by atoms with Crippen LogP contribution in [0, 0.1) is 17.0 Å². The lowest BCUT2D eigenvalue weighted by Crippen LogP contribution is -2.37. The smallest absolute Gasteiger partial charge is 0.274 e. The number of nitro benzene ring substituents is 1. The Hall–Kier alpha value is -2.69. The van der Waals surface area contributed by atoms with E-state index < -0.39 is 0 Å². The highest BCUT2D eigenvalue weighted by Crippen LogP contribution is 2.17. The summed E-state index contributed by atoms with van der Waals surface area (Å²) in [6, 6.07) is 14.8. The average Bonchev–Trinajstić information content (AvgIpc) is 3.02. The topological polar surface area (TPSA) is 97.4 Å². The van der Waals surface area contributed by atoms with Crippen molar-refractivity contribution < 1.29 is 4.92 Å². The van der Waals surface area contributed by atoms with Gasteiger partial charge < -0.3 is 15.2 Å². The first-order chi connectivity index (χ1) is 13.6. The summed E-state index contributed by atoms with van der Waals surface area (Å²) < 4.78 is 2.21. The van der Waals surface area contributed by atoms with Crippen LogP contribution in [0.3, 0.4) is 0 Å². The van der Waals surface area contributed by atoms with Gasteiger partial charge in [-0.05, 0) is 25.5 Å². The van der Waals surface area contributed by atoms with E-state index in [0.29, 0.717) is 18.1 Å². The number of fused-ring (bicyclic) bond motifs is 1. The van der Waals surface area contributed by atoms with Crippen molar-refractivity contribution in [3.63, 3.8) is 0 Å². The molecular formula is C20H25IN6O2. The second kappa shape index (κ2) is 10.7. The molecule has 2 aromatic carbocycles. The van der Waals surface area contributed by atoms with Crippen LogP contribution < -0.4 is 10.6 Å². The van der Waals surface area contributed by atoms with Crippen molar-refractivity contribution in [1.29, 1.82) is 0 Å². The van der Waals surface area contributed by atoms with Gasteiger partial charge in [-0.2, -0.15) is 0 Å². The molecule has 0 aliphatic heterocycles. The fourth-order valence-electron chi connectivity index (χ4n) is 3.16. The SMILES string of the molecule is CN=C(NCCCn1c(C)nc2ccccc21)NCc1ccccc1[N+](=O)[O-].I. The number of halogens is 1. The van der Waals surface area contributed by atoms with E-state index in [1.165, 1.54) is 6.07 Å². The van der Waals surface area contributed by atoms with Gasteiger partial charge in [0.2, 0.25) is 0 Å². The largest absolute Gasteiger partial charge is 0.356 e. The zero-order valence-electron chi connectivity index (χ0n) is 16.5. The average molecular weight is 508 g/mol. The van der Waals surface area contributed by atoms with Crippen LogP contribution in [-0.4, -0.2) is 34.0 Å². The third-order valence-electron chi connectivity index (χ3n) is 4.55. The third-order valence-corrected chi connectivity index (χ3v) is 4.55. The van der Waals surface area contributed by atoms with Gasteiger partial charge in [-0.15, -0.1) is 24.0 Å². The summed E-state index contributed by atoms with van der Waals surface area (Å²) in [6.45, 7) is 3.92. The second-order valence-corrected chi connectivity index (χ2v) is 6.39. The number of nitrogens with one attached hydrogen (secondary N) is 2. The molecule has 154 valence electrons. The van der Waals surface area contributed by atoms with Crippen molar-refractivity contribution in [3.8, 4) is 0 Å². The number of hydrogen-bond acceptors (Lipinski definition) is 4. The molecule has 0 aliphatic rings. The standard InChI is InChI=1S/C20H24N6O2.HI/c1-15-24-17-9-4-6-11-19(17)25(15)13-7-12-22-20(21-2)23-14-16-8-3-5-10-18(16)26(27)28;/h3-6,8-11H,7,12-14H2,1-2H3,(H2,21,22,23);1H. The molecule has 2 N–H and O–H groups in total. The summed E-state index contributed by atoms with van der Waals surface area (Å²) in [5, 5.41) is 17.5. The van der Waals surface area contributed by atoms with Crippen molar-refractivity contribution in [2.24, 2.45) is 4.99 Å². The van der Waals surface area contributed by atoms with Crippen LogP contribution in [0.5, 0.6) is 0 Å². The zero-order chi connectivity index (χ0) is 19.9. The van der Waals surface area contributed by atoms with Crippen molar-refractivity contribution in [3.05, 3.63) is 70.0 Å². The van der Waals surface area contributed by atoms with Crippen LogP contribution in [0.2, 0.25) is 0 Å². The molecule has 8 nitrogen and oxygen atoms in total. The Labute approximate surface area is 186 Å². The molecule has 0 radical (unpaired) electrons. The number of aryl methyl sites for hydroxylation is 2. The minimum Gasteiger partial charge on any atom is -0.356 e. The van der Waals surface area contributed by atoms with Crippen molar-refractivity contribution in [1.82, 2.24) is 20.2 Å². The number of aromatic nitrogens is 2. The monoisotopic (exact) mass is 508 g/mol. The third kappa shape index (κ3) is 5.66. The van der Waals surface area contributed by atoms with Gasteiger partial charge in [0, 0.05) is 38.3 Å². The minimum atomic E-state index is -0.370. The molecule has 0 atom stereocenters. The molecule has 9 heteroatoms. The van der Waals surface area contributed by atoms with Crippen LogP contribution >= 0.6 is 24.0 Å². The van der Waals surface area contributed by atoms with Gasteiger partial charge in [-0.1, -0.05) is 30.3 Å². The molecule has 0 spiro atoms. The van der Waals surface area contributed by atoms with Crippen LogP contribution in [0.25, 0.3) is 11.0 Å². The van der Waals surface area contributed by atoms with E-state index in [1.807, 2.05) is 25.1 Å². The number of aliphatic imine (C=N–C) groups is 1. The first-order valence-corrected chi connectivity index (χ1v) is 9.19. The van der Waals surface area contributed by atoms with Gasteiger partial charge >= 0.3 is 0 Å². The predicted octanol–water partition coefficient (Wildman–Crippen LogP) is 3.63. The summed E-state index contributed by atoms with van der Waals surface area (Å²) in [6.07, 6.45) is 0.896. The molecule has 0 saturated carbocycles. The quantitative estimate of drug-likeness (QED) is 0.127. The lowest BCUT2D eigenvalue weighted by atomic mass is 10.2. The van der Waals surface area contributed by atoms with Gasteiger partial charge in [0.25, 0.3) is 5.69 Å². The number of rotatable bonds is 7. The highest BCUT2D eigenvalue weighted by molar-refractivity contribution is 14.0. The molecule has 3 aromatic rings. The Morgan fingerprint density at radius 3 is 2.66 bits per heavy atom. The zero-order valence-corrected chi connectivity index (χ0v) is 18.8. The molecule has 0 unspecified atom stereocenters. The summed E-state index contributed by atoms with van der Waals surface area (Å²) in [4.78, 5) is 19.5. The maximum Gasteiger partial charge on any atom is 0.274 e. The normalized spacial score (nSPS) is 11.2. The van der Waals surface area contributed by atoms with Gasteiger partial charge in [0.1, 0.15) is 5.82 Å². The van der Waals surface area contributed by atoms with E-state index in [-0.39, 0.29) is 34.6 Å². The number of para-hydroxylation sites is 3. The Morgan fingerprint density at radius 1 is 1.17 bits per heavy atom. The number of guanidine groups is 1. The molecular weight excluding hydrogens is 483 g/mol.